The minimum Gasteiger partial charge on any atom is -0.460 e. The van der Waals surface area contributed by atoms with Crippen LogP contribution in [0.5, 0.6) is 17.2 Å². The number of halogens is 1. The van der Waals surface area contributed by atoms with E-state index in [2.05, 4.69) is 15.2 Å². The maximum atomic E-state index is 13.7. The first-order chi connectivity index (χ1) is 25.3. The predicted octanol–water partition coefficient (Wildman–Crippen LogP) is 9.28. The van der Waals surface area contributed by atoms with Crippen molar-refractivity contribution in [1.29, 1.82) is 0 Å². The van der Waals surface area contributed by atoms with Gasteiger partial charge in [0.25, 0.3) is 0 Å². The number of ketones is 2. The second-order valence-electron chi connectivity index (χ2n) is 12.2. The molecule has 11 nitrogen and oxygen atoms in total. The number of fused-ring (bicyclic) bond motifs is 1. The van der Waals surface area contributed by atoms with E-state index in [0.29, 0.717) is 45.3 Å². The summed E-state index contributed by atoms with van der Waals surface area (Å²) in [7, 11) is 3.36. The van der Waals surface area contributed by atoms with E-state index in [-0.39, 0.29) is 35.9 Å². The number of hydrogen-bond acceptors (Lipinski definition) is 8. The Kier molecular flexibility index (Phi) is 17.5. The number of nitrogens with zero attached hydrogens (tertiary/aromatic N) is 6. The van der Waals surface area contributed by atoms with E-state index in [1.54, 1.807) is 96.6 Å². The van der Waals surface area contributed by atoms with E-state index in [9.17, 15) is 18.8 Å². The minimum atomic E-state index is -1.52. The highest BCUT2D eigenvalue weighted by molar-refractivity contribution is 6.02. The van der Waals surface area contributed by atoms with Crippen molar-refractivity contribution in [3.05, 3.63) is 90.0 Å². The number of likely N-dealkylation sites (N-methyl/N-ethyl adjacent to an activating group) is 1. The highest BCUT2D eigenvalue weighted by Crippen LogP contribution is 2.36. The van der Waals surface area contributed by atoms with Crippen LogP contribution < -0.4 is 9.47 Å². The highest BCUT2D eigenvalue weighted by Gasteiger charge is 2.19. The van der Waals surface area contributed by atoms with E-state index in [1.807, 2.05) is 62.3 Å². The van der Waals surface area contributed by atoms with E-state index in [1.165, 1.54) is 11.8 Å². The van der Waals surface area contributed by atoms with Crippen molar-refractivity contribution >= 4 is 23.1 Å². The molecule has 0 saturated heterocycles. The zero-order valence-corrected chi connectivity index (χ0v) is 33.2. The SMILES string of the molecule is CC.CC.CC(C)C(=O)c1cnn2cccnc12.CCC(C)C(=O)c1ccc(Oc2ccc(OC(C)F)c(-c3nn(CC(=O)N(C)C)cc3C)c2)cc1. The Labute approximate surface area is 313 Å². The molecule has 0 fully saturated rings. The molecule has 2 unspecified atom stereocenters. The van der Waals surface area contributed by atoms with Crippen LogP contribution in [0.3, 0.4) is 0 Å². The predicted molar refractivity (Wildman–Crippen MR) is 207 cm³/mol. The molecule has 0 aliphatic rings. The van der Waals surface area contributed by atoms with Gasteiger partial charge in [-0.25, -0.2) is 13.9 Å². The Balaban J connectivity index is 0.000000446. The molecule has 0 radical (unpaired) electrons. The lowest BCUT2D eigenvalue weighted by molar-refractivity contribution is -0.129. The van der Waals surface area contributed by atoms with Gasteiger partial charge in [-0.05, 0) is 67.4 Å². The van der Waals surface area contributed by atoms with Gasteiger partial charge in [0.2, 0.25) is 12.3 Å². The number of carbonyl (C=O) groups is 3. The van der Waals surface area contributed by atoms with Gasteiger partial charge in [0.05, 0.1) is 17.5 Å². The largest absolute Gasteiger partial charge is 0.460 e. The van der Waals surface area contributed by atoms with Crippen molar-refractivity contribution in [2.75, 3.05) is 14.1 Å². The van der Waals surface area contributed by atoms with E-state index >= 15 is 0 Å². The van der Waals surface area contributed by atoms with Gasteiger partial charge >= 0.3 is 0 Å². The van der Waals surface area contributed by atoms with Crippen LogP contribution in [0.15, 0.2) is 73.3 Å². The van der Waals surface area contributed by atoms with Crippen molar-refractivity contribution in [3.63, 3.8) is 0 Å². The molecule has 286 valence electrons. The Morgan fingerprint density at radius 2 is 1.57 bits per heavy atom. The minimum absolute atomic E-state index is 0.0231. The standard InChI is InChI=1S/C27H32FN3O4.C10H11N3O.2C2H6/c1-7-17(2)27(33)20-8-10-21(11-9-20)35-22-12-13-24(34-19(4)28)23(14-22)26-18(3)15-31(29-26)16-25(32)30(5)6;1-7(2)9(14)8-6-12-13-5-3-4-11-10(8)13;2*1-2/h8-15,17,19H,7,16H2,1-6H3;3-7H,1-2H3;2*1-2H3. The van der Waals surface area contributed by atoms with E-state index in [4.69, 9.17) is 9.47 Å². The highest BCUT2D eigenvalue weighted by atomic mass is 19.1. The maximum Gasteiger partial charge on any atom is 0.243 e. The van der Waals surface area contributed by atoms with Gasteiger partial charge in [0, 0.05) is 62.6 Å². The van der Waals surface area contributed by atoms with Crippen molar-refractivity contribution in [2.24, 2.45) is 11.8 Å². The number of aryl methyl sites for hydroxylation is 1. The molecule has 0 aliphatic heterocycles. The van der Waals surface area contributed by atoms with Gasteiger partial charge < -0.3 is 14.4 Å². The summed E-state index contributed by atoms with van der Waals surface area (Å²) in [6.07, 6.45) is 6.04. The van der Waals surface area contributed by atoms with Crippen LogP contribution in [0.25, 0.3) is 16.9 Å². The van der Waals surface area contributed by atoms with Crippen molar-refractivity contribution in [2.45, 2.75) is 88.6 Å². The summed E-state index contributed by atoms with van der Waals surface area (Å²) in [5.74, 6) is 1.40. The quantitative estimate of drug-likeness (QED) is 0.117. The Hall–Kier alpha value is -5.39. The first-order valence-electron chi connectivity index (χ1n) is 18.1. The molecule has 12 heteroatoms. The van der Waals surface area contributed by atoms with Crippen LogP contribution in [0.4, 0.5) is 4.39 Å². The molecule has 5 aromatic rings. The third-order valence-corrected chi connectivity index (χ3v) is 7.74. The first-order valence-corrected chi connectivity index (χ1v) is 18.1. The zero-order valence-electron chi connectivity index (χ0n) is 33.2. The van der Waals surface area contributed by atoms with Crippen LogP contribution in [-0.4, -0.2) is 67.2 Å². The molecular formula is C41H55FN6O5. The third-order valence-electron chi connectivity index (χ3n) is 7.74. The molecule has 53 heavy (non-hydrogen) atoms. The smallest absolute Gasteiger partial charge is 0.243 e. The lowest BCUT2D eigenvalue weighted by Crippen LogP contribution is -2.26. The van der Waals surface area contributed by atoms with Crippen LogP contribution in [-0.2, 0) is 11.3 Å². The average Bonchev–Trinajstić information content (AvgIpc) is 3.76. The molecule has 0 aliphatic carbocycles. The lowest BCUT2D eigenvalue weighted by atomic mass is 9.97. The van der Waals surface area contributed by atoms with Gasteiger partial charge in [-0.3, -0.25) is 19.1 Å². The normalized spacial score (nSPS) is 11.5. The van der Waals surface area contributed by atoms with E-state index < -0.39 is 6.36 Å². The number of hydrogen-bond donors (Lipinski definition) is 0. The van der Waals surface area contributed by atoms with Gasteiger partial charge in [0.1, 0.15) is 23.8 Å². The molecule has 3 heterocycles. The summed E-state index contributed by atoms with van der Waals surface area (Å²) in [6.45, 7) is 18.9. The molecule has 0 N–H and O–H groups in total. The molecular weight excluding hydrogens is 675 g/mol. The molecule has 2 atom stereocenters. The number of rotatable bonds is 12. The van der Waals surface area contributed by atoms with Crippen molar-refractivity contribution in [3.8, 4) is 28.5 Å². The van der Waals surface area contributed by atoms with Gasteiger partial charge in [-0.1, -0.05) is 55.4 Å². The summed E-state index contributed by atoms with van der Waals surface area (Å²) in [4.78, 5) is 41.8. The fraction of sp³-hybridized carbons (Fsp3) is 0.415. The average molecular weight is 731 g/mol. The molecule has 0 spiro atoms. The van der Waals surface area contributed by atoms with Crippen LogP contribution in [0.2, 0.25) is 0 Å². The summed E-state index contributed by atoms with van der Waals surface area (Å²) in [6, 6.07) is 13.8. The van der Waals surface area contributed by atoms with Crippen molar-refractivity contribution < 1.29 is 28.2 Å². The second-order valence-corrected chi connectivity index (χ2v) is 12.2. The maximum absolute atomic E-state index is 13.7. The molecule has 2 aromatic carbocycles. The number of Topliss-reactive ketones (excluding diaryl/α,β-unsaturated/α-hetero) is 2. The monoisotopic (exact) mass is 730 g/mol. The fourth-order valence-corrected chi connectivity index (χ4v) is 4.79. The van der Waals surface area contributed by atoms with Crippen LogP contribution >= 0.6 is 0 Å². The number of alkyl halides is 1. The summed E-state index contributed by atoms with van der Waals surface area (Å²) in [5, 5.41) is 8.60. The Bertz CT molecular complexity index is 1910. The second kappa shape index (κ2) is 21.2. The first kappa shape index (κ1) is 43.8. The van der Waals surface area contributed by atoms with E-state index in [0.717, 1.165) is 12.0 Å². The Morgan fingerprint density at radius 1 is 0.925 bits per heavy atom. The fourth-order valence-electron chi connectivity index (χ4n) is 4.79. The third kappa shape index (κ3) is 12.1. The molecule has 0 saturated carbocycles. The summed E-state index contributed by atoms with van der Waals surface area (Å²) in [5.41, 5.74) is 3.78. The number of benzene rings is 2. The van der Waals surface area contributed by atoms with Crippen molar-refractivity contribution in [1.82, 2.24) is 29.3 Å². The molecule has 5 rings (SSSR count). The van der Waals surface area contributed by atoms with Gasteiger partial charge in [-0.2, -0.15) is 10.2 Å². The van der Waals surface area contributed by atoms with Gasteiger partial charge in [-0.15, -0.1) is 0 Å². The summed E-state index contributed by atoms with van der Waals surface area (Å²) >= 11 is 0. The number of carbonyl (C=O) groups excluding carboxylic acids is 3. The number of aromatic nitrogens is 5. The summed E-state index contributed by atoms with van der Waals surface area (Å²) < 4.78 is 28.3. The van der Waals surface area contributed by atoms with Crippen LogP contribution in [0.1, 0.15) is 95.0 Å². The Morgan fingerprint density at radius 3 is 2.15 bits per heavy atom. The molecule has 3 aromatic heterocycles. The molecule has 1 amide bonds. The lowest BCUT2D eigenvalue weighted by Gasteiger charge is -2.14. The zero-order chi connectivity index (χ0) is 39.8. The van der Waals surface area contributed by atoms with Crippen LogP contribution in [0, 0.1) is 18.8 Å². The number of amides is 1. The topological polar surface area (TPSA) is 121 Å². The number of ether oxygens (including phenoxy) is 2. The van der Waals surface area contributed by atoms with Gasteiger partial charge in [0.15, 0.2) is 17.2 Å². The molecule has 0 bridgehead atoms.